The van der Waals surface area contributed by atoms with Gasteiger partial charge < -0.3 is 15.0 Å². The van der Waals surface area contributed by atoms with Gasteiger partial charge in [0.2, 0.25) is 0 Å². The maximum Gasteiger partial charge on any atom is 0.338 e. The zero-order valence-corrected chi connectivity index (χ0v) is 15.4. The maximum absolute atomic E-state index is 12.2. The largest absolute Gasteiger partial charge is 0.449 e. The summed E-state index contributed by atoms with van der Waals surface area (Å²) in [7, 11) is 3.73. The van der Waals surface area contributed by atoms with E-state index in [1.54, 1.807) is 24.3 Å². The molecule has 1 atom stereocenters. The number of halogens is 1. The first-order valence-electron chi connectivity index (χ1n) is 7.80. The van der Waals surface area contributed by atoms with E-state index < -0.39 is 18.0 Å². The standard InChI is InChI=1S/C19H18ClN3O3/c1-12(18(24)22-15-8-7-14(11-21)17(20)10-15)26-19(25)13-5-4-6-16(9-13)23(2)3/h4-10,12H,1-3H3,(H,22,24). The number of carbonyl (C=O) groups is 2. The minimum atomic E-state index is -1.00. The van der Waals surface area contributed by atoms with Gasteiger partial charge in [0.15, 0.2) is 6.10 Å². The number of esters is 1. The third kappa shape index (κ3) is 4.74. The summed E-state index contributed by atoms with van der Waals surface area (Å²) >= 11 is 5.93. The SMILES string of the molecule is CC(OC(=O)c1cccc(N(C)C)c1)C(=O)Nc1ccc(C#N)c(Cl)c1. The van der Waals surface area contributed by atoms with Gasteiger partial charge in [-0.3, -0.25) is 4.79 Å². The van der Waals surface area contributed by atoms with Gasteiger partial charge in [-0.2, -0.15) is 5.26 Å². The number of nitrogens with one attached hydrogen (secondary N) is 1. The summed E-state index contributed by atoms with van der Waals surface area (Å²) in [5.74, 6) is -1.09. The second kappa shape index (κ2) is 8.37. The van der Waals surface area contributed by atoms with Gasteiger partial charge >= 0.3 is 5.97 Å². The average molecular weight is 372 g/mol. The van der Waals surface area contributed by atoms with Crippen molar-refractivity contribution in [3.63, 3.8) is 0 Å². The van der Waals surface area contributed by atoms with Gasteiger partial charge in [0.25, 0.3) is 5.91 Å². The summed E-state index contributed by atoms with van der Waals surface area (Å²) in [5.41, 5.74) is 1.93. The van der Waals surface area contributed by atoms with E-state index in [1.165, 1.54) is 19.1 Å². The van der Waals surface area contributed by atoms with E-state index in [0.29, 0.717) is 16.8 Å². The Morgan fingerprint density at radius 1 is 1.23 bits per heavy atom. The third-order valence-electron chi connectivity index (χ3n) is 3.61. The summed E-state index contributed by atoms with van der Waals surface area (Å²) in [6, 6.07) is 13.4. The van der Waals surface area contributed by atoms with E-state index in [9.17, 15) is 9.59 Å². The Morgan fingerprint density at radius 3 is 2.58 bits per heavy atom. The van der Waals surface area contributed by atoms with Crippen LogP contribution in [0.2, 0.25) is 5.02 Å². The molecule has 0 saturated carbocycles. The number of amides is 1. The first-order chi connectivity index (χ1) is 12.3. The fourth-order valence-electron chi connectivity index (χ4n) is 2.12. The predicted octanol–water partition coefficient (Wildman–Crippen LogP) is 3.46. The Hall–Kier alpha value is -3.04. The molecule has 0 aliphatic carbocycles. The molecule has 1 unspecified atom stereocenters. The molecule has 7 heteroatoms. The number of rotatable bonds is 5. The lowest BCUT2D eigenvalue weighted by molar-refractivity contribution is -0.123. The highest BCUT2D eigenvalue weighted by atomic mass is 35.5. The Kier molecular flexibility index (Phi) is 6.21. The van der Waals surface area contributed by atoms with E-state index in [4.69, 9.17) is 21.6 Å². The molecule has 0 heterocycles. The fourth-order valence-corrected chi connectivity index (χ4v) is 2.34. The van der Waals surface area contributed by atoms with Crippen LogP contribution in [0.4, 0.5) is 11.4 Å². The van der Waals surface area contributed by atoms with Crippen LogP contribution in [0, 0.1) is 11.3 Å². The number of benzene rings is 2. The van der Waals surface area contributed by atoms with Gasteiger partial charge in [-0.15, -0.1) is 0 Å². The van der Waals surface area contributed by atoms with Crippen molar-refractivity contribution in [2.45, 2.75) is 13.0 Å². The fraction of sp³-hybridized carbons (Fsp3) is 0.211. The Balaban J connectivity index is 2.02. The van der Waals surface area contributed by atoms with Crippen molar-refractivity contribution in [3.05, 3.63) is 58.6 Å². The van der Waals surface area contributed by atoms with Crippen molar-refractivity contribution in [1.29, 1.82) is 5.26 Å². The highest BCUT2D eigenvalue weighted by Gasteiger charge is 2.19. The summed E-state index contributed by atoms with van der Waals surface area (Å²) in [4.78, 5) is 26.3. The molecular formula is C19H18ClN3O3. The monoisotopic (exact) mass is 371 g/mol. The van der Waals surface area contributed by atoms with Gasteiger partial charge in [0.1, 0.15) is 6.07 Å². The van der Waals surface area contributed by atoms with Crippen LogP contribution in [-0.2, 0) is 9.53 Å². The van der Waals surface area contributed by atoms with Crippen molar-refractivity contribution < 1.29 is 14.3 Å². The molecule has 0 bridgehead atoms. The first-order valence-corrected chi connectivity index (χ1v) is 8.18. The van der Waals surface area contributed by atoms with Crippen LogP contribution in [0.5, 0.6) is 0 Å². The first kappa shape index (κ1) is 19.3. The van der Waals surface area contributed by atoms with Gasteiger partial charge in [-0.25, -0.2) is 4.79 Å². The molecule has 6 nitrogen and oxygen atoms in total. The van der Waals surface area contributed by atoms with Crippen LogP contribution < -0.4 is 10.2 Å². The third-order valence-corrected chi connectivity index (χ3v) is 3.92. The molecule has 26 heavy (non-hydrogen) atoms. The van der Waals surface area contributed by atoms with Crippen molar-refractivity contribution in [2.75, 3.05) is 24.3 Å². The molecule has 0 saturated heterocycles. The van der Waals surface area contributed by atoms with Crippen LogP contribution >= 0.6 is 11.6 Å². The molecule has 0 aliphatic rings. The summed E-state index contributed by atoms with van der Waals surface area (Å²) < 4.78 is 5.23. The summed E-state index contributed by atoms with van der Waals surface area (Å²) in [6.45, 7) is 1.48. The highest BCUT2D eigenvalue weighted by molar-refractivity contribution is 6.32. The topological polar surface area (TPSA) is 82.4 Å². The van der Waals surface area contributed by atoms with Gasteiger partial charge in [-0.05, 0) is 43.3 Å². The van der Waals surface area contributed by atoms with Crippen LogP contribution in [0.1, 0.15) is 22.8 Å². The molecule has 1 amide bonds. The number of carbonyl (C=O) groups excluding carboxylic acids is 2. The van der Waals surface area contributed by atoms with Crippen LogP contribution in [0.25, 0.3) is 0 Å². The molecule has 0 fully saturated rings. The number of nitrogens with zero attached hydrogens (tertiary/aromatic N) is 2. The van der Waals surface area contributed by atoms with Crippen molar-refractivity contribution >= 4 is 34.9 Å². The molecule has 2 rings (SSSR count). The molecule has 0 spiro atoms. The van der Waals surface area contributed by atoms with E-state index in [2.05, 4.69) is 5.32 Å². The number of anilines is 2. The number of hydrogen-bond donors (Lipinski definition) is 1. The van der Waals surface area contributed by atoms with Crippen molar-refractivity contribution in [2.24, 2.45) is 0 Å². The normalized spacial score (nSPS) is 11.2. The highest BCUT2D eigenvalue weighted by Crippen LogP contribution is 2.20. The van der Waals surface area contributed by atoms with Gasteiger partial charge in [0.05, 0.1) is 16.1 Å². The van der Waals surface area contributed by atoms with Gasteiger partial charge in [-0.1, -0.05) is 17.7 Å². The minimum Gasteiger partial charge on any atom is -0.449 e. The molecule has 0 aromatic heterocycles. The molecule has 2 aromatic carbocycles. The van der Waals surface area contributed by atoms with E-state index in [-0.39, 0.29) is 5.02 Å². The second-order valence-electron chi connectivity index (χ2n) is 5.79. The number of nitriles is 1. The van der Waals surface area contributed by atoms with Crippen molar-refractivity contribution in [3.8, 4) is 6.07 Å². The van der Waals surface area contributed by atoms with Crippen LogP contribution in [0.15, 0.2) is 42.5 Å². The average Bonchev–Trinajstić information content (AvgIpc) is 2.61. The smallest absolute Gasteiger partial charge is 0.338 e. The lowest BCUT2D eigenvalue weighted by Gasteiger charge is -2.16. The molecule has 0 radical (unpaired) electrons. The Labute approximate surface area is 156 Å². The van der Waals surface area contributed by atoms with E-state index in [1.807, 2.05) is 31.1 Å². The molecule has 2 aromatic rings. The quantitative estimate of drug-likeness (QED) is 0.814. The second-order valence-corrected chi connectivity index (χ2v) is 6.20. The summed E-state index contributed by atoms with van der Waals surface area (Å²) in [6.07, 6.45) is -1.00. The number of ether oxygens (including phenoxy) is 1. The zero-order valence-electron chi connectivity index (χ0n) is 14.6. The lowest BCUT2D eigenvalue weighted by atomic mass is 10.2. The van der Waals surface area contributed by atoms with Gasteiger partial charge in [0, 0.05) is 25.5 Å². The molecule has 1 N–H and O–H groups in total. The van der Waals surface area contributed by atoms with E-state index in [0.717, 1.165) is 5.69 Å². The predicted molar refractivity (Wildman–Crippen MR) is 100 cm³/mol. The Morgan fingerprint density at radius 2 is 1.96 bits per heavy atom. The van der Waals surface area contributed by atoms with Crippen LogP contribution in [-0.4, -0.2) is 32.1 Å². The van der Waals surface area contributed by atoms with E-state index >= 15 is 0 Å². The zero-order chi connectivity index (χ0) is 19.3. The molecule has 0 aliphatic heterocycles. The lowest BCUT2D eigenvalue weighted by Crippen LogP contribution is -2.30. The summed E-state index contributed by atoms with van der Waals surface area (Å²) in [5, 5.41) is 11.7. The van der Waals surface area contributed by atoms with Crippen LogP contribution in [0.3, 0.4) is 0 Å². The molecular weight excluding hydrogens is 354 g/mol. The van der Waals surface area contributed by atoms with Crippen molar-refractivity contribution in [1.82, 2.24) is 0 Å². The number of hydrogen-bond acceptors (Lipinski definition) is 5. The molecule has 134 valence electrons. The minimum absolute atomic E-state index is 0.232. The Bertz CT molecular complexity index is 875. The maximum atomic E-state index is 12.2.